The van der Waals surface area contributed by atoms with Crippen molar-refractivity contribution in [2.75, 3.05) is 49.5 Å². The van der Waals surface area contributed by atoms with Crippen LogP contribution < -0.4 is 10.6 Å². The van der Waals surface area contributed by atoms with Crippen LogP contribution in [0.15, 0.2) is 28.7 Å². The van der Waals surface area contributed by atoms with Crippen molar-refractivity contribution in [1.82, 2.24) is 10.2 Å². The number of hydrogen-bond acceptors (Lipinski definition) is 4. The highest BCUT2D eigenvalue weighted by Crippen LogP contribution is 2.20. The predicted molar refractivity (Wildman–Crippen MR) is 89.4 cm³/mol. The molecular formula is C14H20BrN3OS. The molecule has 0 spiro atoms. The largest absolute Gasteiger partial charge is 0.324 e. The van der Waals surface area contributed by atoms with Gasteiger partial charge in [0.25, 0.3) is 0 Å². The molecule has 1 amide bonds. The van der Waals surface area contributed by atoms with Crippen molar-refractivity contribution in [1.29, 1.82) is 0 Å². The number of carbonyl (C=O) groups excluding carboxylic acids is 1. The summed E-state index contributed by atoms with van der Waals surface area (Å²) >= 11 is 5.43. The molecule has 0 aliphatic carbocycles. The van der Waals surface area contributed by atoms with E-state index in [1.54, 1.807) is 0 Å². The Morgan fingerprint density at radius 2 is 2.05 bits per heavy atom. The molecule has 1 fully saturated rings. The van der Waals surface area contributed by atoms with Crippen LogP contribution in [0.3, 0.4) is 0 Å². The van der Waals surface area contributed by atoms with Gasteiger partial charge >= 0.3 is 0 Å². The van der Waals surface area contributed by atoms with Gasteiger partial charge < -0.3 is 15.5 Å². The fourth-order valence-electron chi connectivity index (χ4n) is 2.02. The number of rotatable bonds is 6. The van der Waals surface area contributed by atoms with Crippen LogP contribution in [0.1, 0.15) is 0 Å². The van der Waals surface area contributed by atoms with Crippen molar-refractivity contribution in [3.05, 3.63) is 28.7 Å². The highest BCUT2D eigenvalue weighted by molar-refractivity contribution is 9.10. The lowest BCUT2D eigenvalue weighted by molar-refractivity contribution is -0.115. The number of carbonyl (C=O) groups is 1. The van der Waals surface area contributed by atoms with E-state index in [0.29, 0.717) is 6.54 Å². The van der Waals surface area contributed by atoms with Gasteiger partial charge in [-0.1, -0.05) is 12.1 Å². The zero-order valence-corrected chi connectivity index (χ0v) is 13.8. The third-order valence-electron chi connectivity index (χ3n) is 3.14. The fraction of sp³-hybridized carbons (Fsp3) is 0.500. The molecule has 0 saturated carbocycles. The van der Waals surface area contributed by atoms with Gasteiger partial charge in [0.15, 0.2) is 0 Å². The molecule has 1 saturated heterocycles. The van der Waals surface area contributed by atoms with Crippen molar-refractivity contribution in [2.24, 2.45) is 0 Å². The van der Waals surface area contributed by atoms with E-state index in [4.69, 9.17) is 0 Å². The Morgan fingerprint density at radius 1 is 1.30 bits per heavy atom. The average Bonchev–Trinajstić information content (AvgIpc) is 2.47. The molecule has 2 rings (SSSR count). The van der Waals surface area contributed by atoms with Crippen LogP contribution >= 0.6 is 27.7 Å². The minimum Gasteiger partial charge on any atom is -0.324 e. The summed E-state index contributed by atoms with van der Waals surface area (Å²) in [7, 11) is 0. The summed E-state index contributed by atoms with van der Waals surface area (Å²) in [5, 5.41) is 6.08. The predicted octanol–water partition coefficient (Wildman–Crippen LogP) is 2.03. The monoisotopic (exact) mass is 357 g/mol. The molecule has 6 heteroatoms. The van der Waals surface area contributed by atoms with Crippen LogP contribution in [-0.2, 0) is 4.79 Å². The van der Waals surface area contributed by atoms with E-state index in [2.05, 4.69) is 31.5 Å². The smallest absolute Gasteiger partial charge is 0.238 e. The number of nitrogens with zero attached hydrogens (tertiary/aromatic N) is 1. The maximum absolute atomic E-state index is 11.8. The second-order valence-electron chi connectivity index (χ2n) is 4.66. The van der Waals surface area contributed by atoms with Crippen LogP contribution in [0.25, 0.3) is 0 Å². The van der Waals surface area contributed by atoms with Gasteiger partial charge in [-0.05, 0) is 28.1 Å². The molecule has 1 aliphatic heterocycles. The summed E-state index contributed by atoms with van der Waals surface area (Å²) < 4.78 is 0.902. The zero-order valence-electron chi connectivity index (χ0n) is 11.4. The minimum atomic E-state index is -0.00824. The maximum atomic E-state index is 11.8. The second-order valence-corrected chi connectivity index (χ2v) is 6.74. The van der Waals surface area contributed by atoms with Crippen LogP contribution in [0, 0.1) is 0 Å². The molecule has 0 atom stereocenters. The molecule has 2 N–H and O–H groups in total. The molecule has 110 valence electrons. The number of thioether (sulfide) groups is 1. The number of halogens is 1. The normalized spacial score (nSPS) is 16.1. The molecule has 4 nitrogen and oxygen atoms in total. The average molecular weight is 358 g/mol. The fourth-order valence-corrected chi connectivity index (χ4v) is 3.38. The first-order chi connectivity index (χ1) is 9.75. The third-order valence-corrected chi connectivity index (χ3v) is 4.78. The summed E-state index contributed by atoms with van der Waals surface area (Å²) in [6.45, 7) is 4.55. The number of anilines is 1. The lowest BCUT2D eigenvalue weighted by Gasteiger charge is -2.26. The molecule has 20 heavy (non-hydrogen) atoms. The lowest BCUT2D eigenvalue weighted by Crippen LogP contribution is -2.39. The van der Waals surface area contributed by atoms with Gasteiger partial charge in [0.05, 0.1) is 12.2 Å². The van der Waals surface area contributed by atoms with Crippen molar-refractivity contribution >= 4 is 39.3 Å². The molecule has 1 aliphatic rings. The van der Waals surface area contributed by atoms with Crippen molar-refractivity contribution in [3.8, 4) is 0 Å². The van der Waals surface area contributed by atoms with Gasteiger partial charge in [0.2, 0.25) is 5.91 Å². The first kappa shape index (κ1) is 15.8. The van der Waals surface area contributed by atoms with Gasteiger partial charge in [-0.15, -0.1) is 0 Å². The van der Waals surface area contributed by atoms with Crippen LogP contribution in [-0.4, -0.2) is 55.0 Å². The van der Waals surface area contributed by atoms with Crippen molar-refractivity contribution in [2.45, 2.75) is 0 Å². The quantitative estimate of drug-likeness (QED) is 0.764. The molecular weight excluding hydrogens is 338 g/mol. The van der Waals surface area contributed by atoms with Gasteiger partial charge in [0.1, 0.15) is 0 Å². The first-order valence-electron chi connectivity index (χ1n) is 6.81. The standard InChI is InChI=1S/C14H20BrN3OS/c15-12-3-1-2-4-13(12)17-14(19)11-16-5-6-18-7-9-20-10-8-18/h1-4,16H,5-11H2,(H,17,19). The van der Waals surface area contributed by atoms with Crippen LogP contribution in [0.5, 0.6) is 0 Å². The third kappa shape index (κ3) is 5.44. The highest BCUT2D eigenvalue weighted by Gasteiger charge is 2.09. The zero-order chi connectivity index (χ0) is 14.2. The number of para-hydroxylation sites is 1. The van der Waals surface area contributed by atoms with Crippen LogP contribution in [0.4, 0.5) is 5.69 Å². The van der Waals surface area contributed by atoms with Gasteiger partial charge in [-0.2, -0.15) is 11.8 Å². The summed E-state index contributed by atoms with van der Waals surface area (Å²) in [6.07, 6.45) is 0. The van der Waals surface area contributed by atoms with Gasteiger partial charge in [-0.25, -0.2) is 0 Å². The Balaban J connectivity index is 1.61. The Labute approximate surface area is 132 Å². The molecule has 0 aromatic heterocycles. The summed E-state index contributed by atoms with van der Waals surface area (Å²) in [5.41, 5.74) is 0.812. The van der Waals surface area contributed by atoms with Gasteiger partial charge in [-0.3, -0.25) is 4.79 Å². The van der Waals surface area contributed by atoms with E-state index in [9.17, 15) is 4.79 Å². The summed E-state index contributed by atoms with van der Waals surface area (Å²) in [4.78, 5) is 14.2. The van der Waals surface area contributed by atoms with Crippen LogP contribution in [0.2, 0.25) is 0 Å². The molecule has 1 aromatic carbocycles. The molecule has 0 radical (unpaired) electrons. The molecule has 0 unspecified atom stereocenters. The van der Waals surface area contributed by atoms with E-state index in [-0.39, 0.29) is 5.91 Å². The highest BCUT2D eigenvalue weighted by atomic mass is 79.9. The summed E-state index contributed by atoms with van der Waals surface area (Å²) in [5.74, 6) is 2.44. The van der Waals surface area contributed by atoms with Gasteiger partial charge in [0, 0.05) is 42.2 Å². The van der Waals surface area contributed by atoms with E-state index in [1.807, 2.05) is 36.0 Å². The molecule has 1 aromatic rings. The first-order valence-corrected chi connectivity index (χ1v) is 8.75. The van der Waals surface area contributed by atoms with Crippen molar-refractivity contribution < 1.29 is 4.79 Å². The SMILES string of the molecule is O=C(CNCCN1CCSCC1)Nc1ccccc1Br. The Bertz CT molecular complexity index is 438. The van der Waals surface area contributed by atoms with E-state index in [1.165, 1.54) is 11.5 Å². The topological polar surface area (TPSA) is 44.4 Å². The number of hydrogen-bond donors (Lipinski definition) is 2. The lowest BCUT2D eigenvalue weighted by atomic mass is 10.3. The number of nitrogens with one attached hydrogen (secondary N) is 2. The van der Waals surface area contributed by atoms with E-state index < -0.39 is 0 Å². The van der Waals surface area contributed by atoms with E-state index >= 15 is 0 Å². The van der Waals surface area contributed by atoms with E-state index in [0.717, 1.165) is 36.3 Å². The molecule has 0 bridgehead atoms. The Morgan fingerprint density at radius 3 is 2.80 bits per heavy atom. The number of amides is 1. The maximum Gasteiger partial charge on any atom is 0.238 e. The summed E-state index contributed by atoms with van der Waals surface area (Å²) in [6, 6.07) is 7.63. The second kappa shape index (κ2) is 8.67. The molecule has 1 heterocycles. The number of benzene rings is 1. The Kier molecular flexibility index (Phi) is 6.86. The minimum absolute atomic E-state index is 0.00824. The Hall–Kier alpha value is -0.560. The van der Waals surface area contributed by atoms with Crippen molar-refractivity contribution in [3.63, 3.8) is 0 Å².